The average Bonchev–Trinajstić information content (AvgIpc) is 2.53. The molecule has 0 spiro atoms. The Labute approximate surface area is 133 Å². The summed E-state index contributed by atoms with van der Waals surface area (Å²) in [5.41, 5.74) is 1.83. The lowest BCUT2D eigenvalue weighted by Gasteiger charge is -2.04. The van der Waals surface area contributed by atoms with Gasteiger partial charge in [-0.3, -0.25) is 4.79 Å². The van der Waals surface area contributed by atoms with Crippen molar-refractivity contribution in [3.8, 4) is 11.5 Å². The first kappa shape index (κ1) is 16.3. The molecule has 2 aromatic rings. The Kier molecular flexibility index (Phi) is 5.15. The third-order valence-electron chi connectivity index (χ3n) is 3.13. The molecule has 2 rings (SSSR count). The second-order valence-corrected chi connectivity index (χ2v) is 4.95. The number of rotatable bonds is 6. The number of aromatic hydroxyl groups is 1. The van der Waals surface area contributed by atoms with Crippen LogP contribution in [0.4, 0.5) is 0 Å². The van der Waals surface area contributed by atoms with E-state index < -0.39 is 12.6 Å². The van der Waals surface area contributed by atoms with Gasteiger partial charge in [0.25, 0.3) is 0 Å². The number of carboxylic acid groups (broad SMARTS) is 1. The minimum absolute atomic E-state index is 0.147. The van der Waals surface area contributed by atoms with E-state index in [1.807, 2.05) is 0 Å². The number of aliphatic carboxylic acids is 1. The third kappa shape index (κ3) is 4.71. The first-order valence-electron chi connectivity index (χ1n) is 6.92. The number of phenolic OH excluding ortho intramolecular Hbond substituents is 1. The van der Waals surface area contributed by atoms with Crippen molar-refractivity contribution >= 4 is 17.8 Å². The topological polar surface area (TPSA) is 83.8 Å². The van der Waals surface area contributed by atoms with Crippen LogP contribution >= 0.6 is 0 Å². The smallest absolute Gasteiger partial charge is 0.341 e. The summed E-state index contributed by atoms with van der Waals surface area (Å²) in [5, 5.41) is 18.1. The van der Waals surface area contributed by atoms with Crippen LogP contribution in [0.15, 0.2) is 48.5 Å². The van der Waals surface area contributed by atoms with Crippen LogP contribution in [0.5, 0.6) is 11.5 Å². The zero-order chi connectivity index (χ0) is 16.8. The Hall–Kier alpha value is -3.08. The van der Waals surface area contributed by atoms with Crippen LogP contribution in [0.1, 0.15) is 21.5 Å². The van der Waals surface area contributed by atoms with E-state index in [2.05, 4.69) is 0 Å². The summed E-state index contributed by atoms with van der Waals surface area (Å²) in [6.07, 6.45) is 3.04. The maximum atomic E-state index is 12.1. The van der Waals surface area contributed by atoms with E-state index in [1.165, 1.54) is 12.1 Å². The number of carboxylic acids is 1. The minimum atomic E-state index is -1.05. The fraction of sp³-hybridized carbons (Fsp3) is 0.111. The Morgan fingerprint density at radius 2 is 1.96 bits per heavy atom. The lowest BCUT2D eigenvalue weighted by molar-refractivity contribution is -0.139. The molecule has 0 bridgehead atoms. The number of carbonyl (C=O) groups excluding carboxylic acids is 1. The first-order chi connectivity index (χ1) is 11.0. The number of allylic oxidation sites excluding steroid dienone is 1. The van der Waals surface area contributed by atoms with Gasteiger partial charge in [0.15, 0.2) is 12.4 Å². The SMILES string of the molecule is Cc1cc(C(=O)C=Cc2cccc(OCC(=O)O)c2)ccc1O. The summed E-state index contributed by atoms with van der Waals surface area (Å²) >= 11 is 0. The zero-order valence-electron chi connectivity index (χ0n) is 12.5. The van der Waals surface area contributed by atoms with Gasteiger partial charge in [-0.2, -0.15) is 0 Å². The largest absolute Gasteiger partial charge is 0.508 e. The van der Waals surface area contributed by atoms with Crippen molar-refractivity contribution in [2.45, 2.75) is 6.92 Å². The van der Waals surface area contributed by atoms with E-state index in [0.717, 1.165) is 5.56 Å². The molecule has 0 aliphatic heterocycles. The first-order valence-corrected chi connectivity index (χ1v) is 6.92. The summed E-state index contributed by atoms with van der Waals surface area (Å²) in [5.74, 6) is -0.676. The van der Waals surface area contributed by atoms with Gasteiger partial charge in [0.2, 0.25) is 0 Å². The van der Waals surface area contributed by atoms with E-state index in [9.17, 15) is 14.7 Å². The lowest BCUT2D eigenvalue weighted by Crippen LogP contribution is -2.09. The van der Waals surface area contributed by atoms with E-state index in [4.69, 9.17) is 9.84 Å². The molecule has 0 unspecified atom stereocenters. The molecule has 0 aliphatic rings. The van der Waals surface area contributed by atoms with Gasteiger partial charge >= 0.3 is 5.97 Å². The van der Waals surface area contributed by atoms with E-state index in [-0.39, 0.29) is 11.5 Å². The van der Waals surface area contributed by atoms with Gasteiger partial charge in [-0.05, 0) is 54.5 Å². The molecule has 2 aromatic carbocycles. The number of ketones is 1. The molecule has 0 saturated carbocycles. The number of phenols is 1. The van der Waals surface area contributed by atoms with Crippen molar-refractivity contribution in [2.75, 3.05) is 6.61 Å². The normalized spacial score (nSPS) is 10.7. The van der Waals surface area contributed by atoms with Crippen LogP contribution in [-0.2, 0) is 4.79 Å². The molecule has 0 aromatic heterocycles. The predicted octanol–water partition coefficient (Wildman–Crippen LogP) is 3.06. The second kappa shape index (κ2) is 7.26. The number of hydrogen-bond donors (Lipinski definition) is 2. The summed E-state index contributed by atoms with van der Waals surface area (Å²) in [4.78, 5) is 22.6. The van der Waals surface area contributed by atoms with Gasteiger partial charge in [-0.1, -0.05) is 18.2 Å². The lowest BCUT2D eigenvalue weighted by atomic mass is 10.1. The Balaban J connectivity index is 2.09. The Morgan fingerprint density at radius 3 is 2.65 bits per heavy atom. The number of aryl methyl sites for hydroxylation is 1. The Bertz CT molecular complexity index is 762. The maximum Gasteiger partial charge on any atom is 0.341 e. The van der Waals surface area contributed by atoms with Gasteiger partial charge in [0.05, 0.1) is 0 Å². The summed E-state index contributed by atoms with van der Waals surface area (Å²) in [6, 6.07) is 11.4. The van der Waals surface area contributed by atoms with Crippen molar-refractivity contribution < 1.29 is 24.5 Å². The number of hydrogen-bond acceptors (Lipinski definition) is 4. The molecular weight excluding hydrogens is 296 g/mol. The molecule has 0 saturated heterocycles. The van der Waals surface area contributed by atoms with Crippen molar-refractivity contribution in [1.82, 2.24) is 0 Å². The Morgan fingerprint density at radius 1 is 1.17 bits per heavy atom. The second-order valence-electron chi connectivity index (χ2n) is 4.95. The number of carbonyl (C=O) groups is 2. The van der Waals surface area contributed by atoms with E-state index >= 15 is 0 Å². The number of ether oxygens (including phenoxy) is 1. The fourth-order valence-corrected chi connectivity index (χ4v) is 1.93. The molecule has 5 nitrogen and oxygen atoms in total. The van der Waals surface area contributed by atoms with Crippen LogP contribution in [0.2, 0.25) is 0 Å². The van der Waals surface area contributed by atoms with Gasteiger partial charge in [0.1, 0.15) is 11.5 Å². The number of benzene rings is 2. The van der Waals surface area contributed by atoms with Crippen molar-refractivity contribution in [2.24, 2.45) is 0 Å². The van der Waals surface area contributed by atoms with Crippen LogP contribution in [-0.4, -0.2) is 28.6 Å². The molecule has 5 heteroatoms. The highest BCUT2D eigenvalue weighted by atomic mass is 16.5. The van der Waals surface area contributed by atoms with Gasteiger partial charge < -0.3 is 14.9 Å². The predicted molar refractivity (Wildman–Crippen MR) is 85.8 cm³/mol. The highest BCUT2D eigenvalue weighted by molar-refractivity contribution is 6.07. The molecule has 0 atom stereocenters. The van der Waals surface area contributed by atoms with Crippen LogP contribution in [0, 0.1) is 6.92 Å². The highest BCUT2D eigenvalue weighted by Crippen LogP contribution is 2.18. The van der Waals surface area contributed by atoms with E-state index in [0.29, 0.717) is 16.9 Å². The molecule has 0 aliphatic carbocycles. The summed E-state index contributed by atoms with van der Waals surface area (Å²) < 4.78 is 5.08. The van der Waals surface area contributed by atoms with Crippen molar-refractivity contribution in [3.63, 3.8) is 0 Å². The molecule has 0 heterocycles. The van der Waals surface area contributed by atoms with Gasteiger partial charge in [-0.15, -0.1) is 0 Å². The highest BCUT2D eigenvalue weighted by Gasteiger charge is 2.05. The fourth-order valence-electron chi connectivity index (χ4n) is 1.93. The summed E-state index contributed by atoms with van der Waals surface area (Å²) in [7, 11) is 0. The van der Waals surface area contributed by atoms with E-state index in [1.54, 1.807) is 49.4 Å². The van der Waals surface area contributed by atoms with Gasteiger partial charge in [-0.25, -0.2) is 4.79 Å². The van der Waals surface area contributed by atoms with Crippen molar-refractivity contribution in [1.29, 1.82) is 0 Å². The molecule has 2 N–H and O–H groups in total. The van der Waals surface area contributed by atoms with Crippen molar-refractivity contribution in [3.05, 3.63) is 65.2 Å². The molecule has 23 heavy (non-hydrogen) atoms. The third-order valence-corrected chi connectivity index (χ3v) is 3.13. The zero-order valence-corrected chi connectivity index (χ0v) is 12.5. The molecule has 118 valence electrons. The molecule has 0 fully saturated rings. The van der Waals surface area contributed by atoms with Crippen LogP contribution < -0.4 is 4.74 Å². The average molecular weight is 312 g/mol. The standard InChI is InChI=1S/C18H16O5/c1-12-9-14(6-8-16(12)19)17(20)7-5-13-3-2-4-15(10-13)23-11-18(21)22/h2-10,19H,11H2,1H3,(H,21,22). The maximum absolute atomic E-state index is 12.1. The molecular formula is C18H16O5. The van der Waals surface area contributed by atoms with Crippen LogP contribution in [0.25, 0.3) is 6.08 Å². The minimum Gasteiger partial charge on any atom is -0.508 e. The van der Waals surface area contributed by atoms with Gasteiger partial charge in [0, 0.05) is 5.56 Å². The quantitative estimate of drug-likeness (QED) is 0.632. The molecule has 0 amide bonds. The summed E-state index contributed by atoms with van der Waals surface area (Å²) in [6.45, 7) is 1.30. The molecule has 0 radical (unpaired) electrons. The van der Waals surface area contributed by atoms with Crippen LogP contribution in [0.3, 0.4) is 0 Å². The monoisotopic (exact) mass is 312 g/mol.